The molecule has 0 saturated carbocycles. The monoisotopic (exact) mass is 282 g/mol. The van der Waals surface area contributed by atoms with Gasteiger partial charge in [0.05, 0.1) is 10.7 Å². The molecule has 0 aliphatic heterocycles. The lowest BCUT2D eigenvalue weighted by Crippen LogP contribution is -2.28. The van der Waals surface area contributed by atoms with E-state index in [1.807, 2.05) is 6.92 Å². The van der Waals surface area contributed by atoms with Gasteiger partial charge in [0, 0.05) is 19.1 Å². The predicted molar refractivity (Wildman–Crippen MR) is 86.1 cm³/mol. The molecule has 2 nitrogen and oxygen atoms in total. The molecule has 0 aromatic heterocycles. The summed E-state index contributed by atoms with van der Waals surface area (Å²) in [5, 5.41) is 0.836. The summed E-state index contributed by atoms with van der Waals surface area (Å²) >= 11 is 6.43. The summed E-state index contributed by atoms with van der Waals surface area (Å²) in [4.78, 5) is 2.35. The highest BCUT2D eigenvalue weighted by Crippen LogP contribution is 2.28. The minimum Gasteiger partial charge on any atom is -0.370 e. The molecule has 0 bridgehead atoms. The minimum atomic E-state index is 0.171. The molecule has 2 N–H and O–H groups in total. The molecule has 3 heteroatoms. The molecule has 19 heavy (non-hydrogen) atoms. The average molecular weight is 283 g/mol. The Labute approximate surface area is 122 Å². The lowest BCUT2D eigenvalue weighted by Gasteiger charge is -2.27. The van der Waals surface area contributed by atoms with Crippen molar-refractivity contribution in [3.05, 3.63) is 28.8 Å². The van der Waals surface area contributed by atoms with Crippen LogP contribution in [0.2, 0.25) is 5.02 Å². The van der Waals surface area contributed by atoms with Gasteiger partial charge >= 0.3 is 0 Å². The second-order valence-electron chi connectivity index (χ2n) is 5.52. The Morgan fingerprint density at radius 1 is 1.26 bits per heavy atom. The van der Waals surface area contributed by atoms with Gasteiger partial charge in [-0.15, -0.1) is 0 Å². The fourth-order valence-corrected chi connectivity index (χ4v) is 2.53. The molecule has 1 aromatic carbocycles. The fraction of sp³-hybridized carbons (Fsp3) is 0.625. The van der Waals surface area contributed by atoms with E-state index < -0.39 is 0 Å². The Hall–Kier alpha value is -0.730. The van der Waals surface area contributed by atoms with Gasteiger partial charge in [0.15, 0.2) is 0 Å². The first-order valence-corrected chi connectivity index (χ1v) is 7.64. The normalized spacial score (nSPS) is 14.2. The van der Waals surface area contributed by atoms with Gasteiger partial charge in [-0.05, 0) is 43.9 Å². The molecule has 0 fully saturated rings. The van der Waals surface area contributed by atoms with Gasteiger partial charge in [0.2, 0.25) is 0 Å². The molecular formula is C16H27ClN2. The van der Waals surface area contributed by atoms with E-state index >= 15 is 0 Å². The van der Waals surface area contributed by atoms with Crippen molar-refractivity contribution < 1.29 is 0 Å². The van der Waals surface area contributed by atoms with Crippen LogP contribution >= 0.6 is 11.6 Å². The summed E-state index contributed by atoms with van der Waals surface area (Å²) in [5.74, 6) is 0.680. The van der Waals surface area contributed by atoms with Crippen LogP contribution in [-0.2, 0) is 6.42 Å². The van der Waals surface area contributed by atoms with Crippen molar-refractivity contribution >= 4 is 17.3 Å². The van der Waals surface area contributed by atoms with Gasteiger partial charge < -0.3 is 10.6 Å². The molecule has 0 aliphatic carbocycles. The molecule has 108 valence electrons. The van der Waals surface area contributed by atoms with Crippen LogP contribution in [0, 0.1) is 5.92 Å². The van der Waals surface area contributed by atoms with Crippen molar-refractivity contribution in [2.24, 2.45) is 11.7 Å². The molecule has 1 rings (SSSR count). The summed E-state index contributed by atoms with van der Waals surface area (Å²) in [6.07, 6.45) is 2.06. The average Bonchev–Trinajstić information content (AvgIpc) is 2.35. The molecule has 2 unspecified atom stereocenters. The van der Waals surface area contributed by atoms with Crippen molar-refractivity contribution in [3.8, 4) is 0 Å². The van der Waals surface area contributed by atoms with E-state index in [2.05, 4.69) is 43.9 Å². The molecule has 1 aromatic rings. The summed E-state index contributed by atoms with van der Waals surface area (Å²) < 4.78 is 0. The van der Waals surface area contributed by atoms with Crippen LogP contribution in [0.3, 0.4) is 0 Å². The van der Waals surface area contributed by atoms with E-state index in [9.17, 15) is 0 Å². The second-order valence-corrected chi connectivity index (χ2v) is 5.93. The van der Waals surface area contributed by atoms with Gasteiger partial charge in [-0.1, -0.05) is 37.9 Å². The highest BCUT2D eigenvalue weighted by atomic mass is 35.5. The molecule has 0 amide bonds. The lowest BCUT2D eigenvalue weighted by molar-refractivity contribution is 0.548. The highest BCUT2D eigenvalue weighted by molar-refractivity contribution is 6.33. The molecule has 0 saturated heterocycles. The molecule has 2 atom stereocenters. The van der Waals surface area contributed by atoms with Crippen LogP contribution < -0.4 is 10.6 Å². The Morgan fingerprint density at radius 2 is 1.95 bits per heavy atom. The third-order valence-electron chi connectivity index (χ3n) is 3.52. The van der Waals surface area contributed by atoms with Crippen molar-refractivity contribution in [1.82, 2.24) is 0 Å². The Balaban J connectivity index is 2.86. The Bertz CT molecular complexity index is 390. The van der Waals surface area contributed by atoms with Gasteiger partial charge in [0.1, 0.15) is 0 Å². The van der Waals surface area contributed by atoms with Crippen molar-refractivity contribution in [1.29, 1.82) is 0 Å². The summed E-state index contributed by atoms with van der Waals surface area (Å²) in [6.45, 7) is 10.7. The minimum absolute atomic E-state index is 0.171. The standard InChI is InChI=1S/C16H27ClN2/c1-5-12(3)11-19(6-2)16-8-7-14(9-13(4)18)10-15(16)17/h7-8,10,12-13H,5-6,9,11,18H2,1-4H3. The Morgan fingerprint density at radius 3 is 2.42 bits per heavy atom. The first-order valence-electron chi connectivity index (χ1n) is 7.26. The van der Waals surface area contributed by atoms with Gasteiger partial charge in [0.25, 0.3) is 0 Å². The third kappa shape index (κ3) is 5.04. The lowest BCUT2D eigenvalue weighted by atomic mass is 10.1. The Kier molecular flexibility index (Phi) is 6.67. The highest BCUT2D eigenvalue weighted by Gasteiger charge is 2.12. The maximum Gasteiger partial charge on any atom is 0.0642 e. The maximum atomic E-state index is 6.43. The second kappa shape index (κ2) is 7.76. The summed E-state index contributed by atoms with van der Waals surface area (Å²) in [5.41, 5.74) is 8.18. The smallest absolute Gasteiger partial charge is 0.0642 e. The molecular weight excluding hydrogens is 256 g/mol. The van der Waals surface area contributed by atoms with Crippen LogP contribution in [0.15, 0.2) is 18.2 Å². The van der Waals surface area contributed by atoms with Gasteiger partial charge in [-0.3, -0.25) is 0 Å². The molecule has 0 heterocycles. The number of rotatable bonds is 7. The van der Waals surface area contributed by atoms with Crippen LogP contribution in [-0.4, -0.2) is 19.1 Å². The van der Waals surface area contributed by atoms with Gasteiger partial charge in [-0.2, -0.15) is 0 Å². The largest absolute Gasteiger partial charge is 0.370 e. The first kappa shape index (κ1) is 16.3. The van der Waals surface area contributed by atoms with E-state index in [0.717, 1.165) is 30.2 Å². The summed E-state index contributed by atoms with van der Waals surface area (Å²) in [7, 11) is 0. The SMILES string of the molecule is CCC(C)CN(CC)c1ccc(CC(C)N)cc1Cl. The number of hydrogen-bond acceptors (Lipinski definition) is 2. The number of halogens is 1. The summed E-state index contributed by atoms with van der Waals surface area (Å²) in [6, 6.07) is 6.50. The van der Waals surface area contributed by atoms with Crippen molar-refractivity contribution in [3.63, 3.8) is 0 Å². The number of nitrogens with two attached hydrogens (primary N) is 1. The van der Waals surface area contributed by atoms with E-state index in [1.165, 1.54) is 12.0 Å². The van der Waals surface area contributed by atoms with Crippen LogP contribution in [0.1, 0.15) is 39.7 Å². The van der Waals surface area contributed by atoms with Crippen LogP contribution in [0.25, 0.3) is 0 Å². The van der Waals surface area contributed by atoms with E-state index in [1.54, 1.807) is 0 Å². The molecule has 0 aliphatic rings. The number of hydrogen-bond donors (Lipinski definition) is 1. The fourth-order valence-electron chi connectivity index (χ4n) is 2.21. The van der Waals surface area contributed by atoms with Crippen LogP contribution in [0.5, 0.6) is 0 Å². The number of nitrogens with zero attached hydrogens (tertiary/aromatic N) is 1. The van der Waals surface area contributed by atoms with Crippen LogP contribution in [0.4, 0.5) is 5.69 Å². The van der Waals surface area contributed by atoms with E-state index in [0.29, 0.717) is 5.92 Å². The topological polar surface area (TPSA) is 29.3 Å². The quantitative estimate of drug-likeness (QED) is 0.816. The zero-order valence-electron chi connectivity index (χ0n) is 12.6. The number of benzene rings is 1. The number of anilines is 1. The van der Waals surface area contributed by atoms with Crippen molar-refractivity contribution in [2.45, 2.75) is 46.6 Å². The zero-order valence-corrected chi connectivity index (χ0v) is 13.4. The van der Waals surface area contributed by atoms with E-state index in [4.69, 9.17) is 17.3 Å². The third-order valence-corrected chi connectivity index (χ3v) is 3.82. The molecule has 0 spiro atoms. The zero-order chi connectivity index (χ0) is 14.4. The van der Waals surface area contributed by atoms with Crippen molar-refractivity contribution in [2.75, 3.05) is 18.0 Å². The predicted octanol–water partition coefficient (Wildman–Crippen LogP) is 4.10. The van der Waals surface area contributed by atoms with E-state index in [-0.39, 0.29) is 6.04 Å². The van der Waals surface area contributed by atoms with Gasteiger partial charge in [-0.25, -0.2) is 0 Å². The molecule has 0 radical (unpaired) electrons. The maximum absolute atomic E-state index is 6.43. The first-order chi connectivity index (χ1) is 8.97.